The van der Waals surface area contributed by atoms with Gasteiger partial charge in [0.05, 0.1) is 14.2 Å². The first-order chi connectivity index (χ1) is 9.94. The highest BCUT2D eigenvalue weighted by molar-refractivity contribution is 5.96. The summed E-state index contributed by atoms with van der Waals surface area (Å²) in [6.45, 7) is 6.09. The van der Waals surface area contributed by atoms with Gasteiger partial charge in [-0.15, -0.1) is 0 Å². The van der Waals surface area contributed by atoms with E-state index in [9.17, 15) is 4.79 Å². The van der Waals surface area contributed by atoms with Crippen molar-refractivity contribution >= 4 is 5.91 Å². The minimum atomic E-state index is 0.0279. The number of carbonyl (C=O) groups is 1. The fourth-order valence-corrected chi connectivity index (χ4v) is 2.75. The summed E-state index contributed by atoms with van der Waals surface area (Å²) in [5.41, 5.74) is 7.38. The molecule has 2 rings (SSSR count). The fraction of sp³-hybridized carbons (Fsp3) is 0.562. The van der Waals surface area contributed by atoms with Gasteiger partial charge in [0.15, 0.2) is 11.5 Å². The van der Waals surface area contributed by atoms with Gasteiger partial charge in [0.25, 0.3) is 5.91 Å². The number of nitrogens with two attached hydrogens (primary N) is 1. The lowest BCUT2D eigenvalue weighted by Gasteiger charge is -2.23. The molecule has 0 spiro atoms. The second kappa shape index (κ2) is 5.93. The minimum absolute atomic E-state index is 0.0279. The number of nitrogens with zero attached hydrogens (tertiary/aromatic N) is 1. The summed E-state index contributed by atoms with van der Waals surface area (Å²) in [6, 6.07) is 3.60. The topological polar surface area (TPSA) is 64.8 Å². The monoisotopic (exact) mass is 292 g/mol. The maximum Gasteiger partial charge on any atom is 0.254 e. The number of rotatable bonds is 4. The first kappa shape index (κ1) is 15.6. The van der Waals surface area contributed by atoms with Gasteiger partial charge in [-0.2, -0.15) is 0 Å². The van der Waals surface area contributed by atoms with Crippen LogP contribution in [0.3, 0.4) is 0 Å². The van der Waals surface area contributed by atoms with E-state index in [4.69, 9.17) is 15.2 Å². The van der Waals surface area contributed by atoms with Crippen molar-refractivity contribution < 1.29 is 14.3 Å². The predicted octanol–water partition coefficient (Wildman–Crippen LogP) is 1.82. The Labute approximate surface area is 126 Å². The van der Waals surface area contributed by atoms with E-state index in [1.165, 1.54) is 0 Å². The summed E-state index contributed by atoms with van der Waals surface area (Å²) in [4.78, 5) is 14.6. The third kappa shape index (κ3) is 2.97. The maximum absolute atomic E-state index is 12.7. The summed E-state index contributed by atoms with van der Waals surface area (Å²) in [7, 11) is 3.16. The molecular weight excluding hydrogens is 268 g/mol. The van der Waals surface area contributed by atoms with Crippen molar-refractivity contribution in [1.29, 1.82) is 0 Å². The molecule has 1 saturated heterocycles. The van der Waals surface area contributed by atoms with Gasteiger partial charge < -0.3 is 20.1 Å². The Morgan fingerprint density at radius 3 is 2.48 bits per heavy atom. The van der Waals surface area contributed by atoms with Crippen LogP contribution in [0.2, 0.25) is 0 Å². The first-order valence-corrected chi connectivity index (χ1v) is 7.16. The maximum atomic E-state index is 12.7. The third-order valence-corrected chi connectivity index (χ3v) is 4.30. The van der Waals surface area contributed by atoms with Crippen molar-refractivity contribution in [2.24, 2.45) is 11.1 Å². The molecule has 1 atom stereocenters. The van der Waals surface area contributed by atoms with E-state index in [0.717, 1.165) is 18.5 Å². The molecule has 5 heteroatoms. The van der Waals surface area contributed by atoms with Gasteiger partial charge in [-0.25, -0.2) is 0 Å². The average Bonchev–Trinajstić information content (AvgIpc) is 2.89. The molecule has 21 heavy (non-hydrogen) atoms. The van der Waals surface area contributed by atoms with Crippen LogP contribution in [0.4, 0.5) is 0 Å². The Morgan fingerprint density at radius 2 is 1.95 bits per heavy atom. The molecule has 0 saturated carbocycles. The number of aryl methyl sites for hydroxylation is 1. The summed E-state index contributed by atoms with van der Waals surface area (Å²) >= 11 is 0. The average molecular weight is 292 g/mol. The fourth-order valence-electron chi connectivity index (χ4n) is 2.75. The Hall–Kier alpha value is -1.75. The number of amides is 1. The molecule has 1 heterocycles. The lowest BCUT2D eigenvalue weighted by molar-refractivity contribution is 0.0775. The molecule has 1 aliphatic heterocycles. The third-order valence-electron chi connectivity index (χ3n) is 4.30. The van der Waals surface area contributed by atoms with Crippen LogP contribution in [0.15, 0.2) is 12.1 Å². The van der Waals surface area contributed by atoms with Crippen molar-refractivity contribution in [2.45, 2.75) is 20.3 Å². The van der Waals surface area contributed by atoms with Gasteiger partial charge >= 0.3 is 0 Å². The summed E-state index contributed by atoms with van der Waals surface area (Å²) in [6.07, 6.45) is 0.946. The highest BCUT2D eigenvalue weighted by Crippen LogP contribution is 2.33. The quantitative estimate of drug-likeness (QED) is 0.919. The first-order valence-electron chi connectivity index (χ1n) is 7.16. The molecule has 5 nitrogen and oxygen atoms in total. The molecule has 0 bridgehead atoms. The van der Waals surface area contributed by atoms with E-state index in [0.29, 0.717) is 30.2 Å². The van der Waals surface area contributed by atoms with Gasteiger partial charge in [-0.05, 0) is 43.0 Å². The van der Waals surface area contributed by atoms with Crippen molar-refractivity contribution in [3.8, 4) is 11.5 Å². The summed E-state index contributed by atoms with van der Waals surface area (Å²) in [5.74, 6) is 1.25. The van der Waals surface area contributed by atoms with Crippen molar-refractivity contribution in [3.05, 3.63) is 23.3 Å². The molecule has 0 aliphatic carbocycles. The molecular formula is C16H24N2O3. The smallest absolute Gasteiger partial charge is 0.254 e. The summed E-state index contributed by atoms with van der Waals surface area (Å²) in [5, 5.41) is 0. The second-order valence-corrected chi connectivity index (χ2v) is 6.01. The molecule has 2 N–H and O–H groups in total. The number of benzene rings is 1. The standard InChI is InChI=1S/C16H24N2O3/c1-11-7-13(20-3)14(21-4)8-12(11)15(19)18-6-5-16(2,9-17)10-18/h7-8H,5-6,9-10,17H2,1-4H3. The van der Waals surface area contributed by atoms with E-state index in [1.54, 1.807) is 20.3 Å². The second-order valence-electron chi connectivity index (χ2n) is 6.01. The van der Waals surface area contributed by atoms with Crippen molar-refractivity contribution in [1.82, 2.24) is 4.90 Å². The summed E-state index contributed by atoms with van der Waals surface area (Å²) < 4.78 is 10.6. The minimum Gasteiger partial charge on any atom is -0.493 e. The Bertz CT molecular complexity index is 545. The molecule has 1 unspecified atom stereocenters. The van der Waals surface area contributed by atoms with Crippen LogP contribution in [0.1, 0.15) is 29.3 Å². The van der Waals surface area contributed by atoms with Crippen LogP contribution in [0.25, 0.3) is 0 Å². The van der Waals surface area contributed by atoms with Gasteiger partial charge in [0.1, 0.15) is 0 Å². The van der Waals surface area contributed by atoms with Gasteiger partial charge in [0, 0.05) is 18.7 Å². The van der Waals surface area contributed by atoms with E-state index in [-0.39, 0.29) is 11.3 Å². The number of carbonyl (C=O) groups excluding carboxylic acids is 1. The number of methoxy groups -OCH3 is 2. The van der Waals surface area contributed by atoms with Crippen molar-refractivity contribution in [2.75, 3.05) is 33.9 Å². The number of ether oxygens (including phenoxy) is 2. The molecule has 1 aromatic carbocycles. The van der Waals surface area contributed by atoms with E-state index in [2.05, 4.69) is 6.92 Å². The highest BCUT2D eigenvalue weighted by atomic mass is 16.5. The number of hydrogen-bond acceptors (Lipinski definition) is 4. The van der Waals surface area contributed by atoms with E-state index < -0.39 is 0 Å². The Morgan fingerprint density at radius 1 is 1.33 bits per heavy atom. The predicted molar refractivity (Wildman–Crippen MR) is 82.0 cm³/mol. The van der Waals surface area contributed by atoms with Crippen LogP contribution in [-0.2, 0) is 0 Å². The van der Waals surface area contributed by atoms with Crippen LogP contribution < -0.4 is 15.2 Å². The molecule has 0 radical (unpaired) electrons. The van der Waals surface area contributed by atoms with E-state index in [1.807, 2.05) is 17.9 Å². The largest absolute Gasteiger partial charge is 0.493 e. The molecule has 1 aromatic rings. The lowest BCUT2D eigenvalue weighted by Crippen LogP contribution is -2.34. The SMILES string of the molecule is COc1cc(C)c(C(=O)N2CCC(C)(CN)C2)cc1OC. The molecule has 1 aliphatic rings. The Kier molecular flexibility index (Phi) is 4.42. The van der Waals surface area contributed by atoms with E-state index >= 15 is 0 Å². The molecule has 0 aromatic heterocycles. The lowest BCUT2D eigenvalue weighted by atomic mass is 9.90. The van der Waals surface area contributed by atoms with Crippen LogP contribution in [0.5, 0.6) is 11.5 Å². The van der Waals surface area contributed by atoms with Gasteiger partial charge in [0.2, 0.25) is 0 Å². The highest BCUT2D eigenvalue weighted by Gasteiger charge is 2.35. The number of likely N-dealkylation sites (tertiary alicyclic amines) is 1. The number of hydrogen-bond donors (Lipinski definition) is 1. The Balaban J connectivity index is 2.28. The zero-order chi connectivity index (χ0) is 15.6. The molecule has 116 valence electrons. The molecule has 1 amide bonds. The van der Waals surface area contributed by atoms with Crippen molar-refractivity contribution in [3.63, 3.8) is 0 Å². The van der Waals surface area contributed by atoms with Crippen LogP contribution in [-0.4, -0.2) is 44.7 Å². The molecule has 1 fully saturated rings. The zero-order valence-electron chi connectivity index (χ0n) is 13.2. The van der Waals surface area contributed by atoms with Gasteiger partial charge in [-0.1, -0.05) is 6.92 Å². The normalized spacial score (nSPS) is 21.5. The van der Waals surface area contributed by atoms with Gasteiger partial charge in [-0.3, -0.25) is 4.79 Å². The van der Waals surface area contributed by atoms with Crippen LogP contribution >= 0.6 is 0 Å². The van der Waals surface area contributed by atoms with Crippen LogP contribution in [0, 0.1) is 12.3 Å². The zero-order valence-corrected chi connectivity index (χ0v) is 13.2.